The fraction of sp³-hybridized carbons (Fsp3) is 0.333. The van der Waals surface area contributed by atoms with E-state index in [1.165, 1.54) is 42.5 Å². The summed E-state index contributed by atoms with van der Waals surface area (Å²) in [6, 6.07) is 7.23. The first-order valence-electron chi connectivity index (χ1n) is 10.0. The van der Waals surface area contributed by atoms with Crippen LogP contribution in [0.3, 0.4) is 0 Å². The summed E-state index contributed by atoms with van der Waals surface area (Å²) in [5.41, 5.74) is 6.13. The first-order valence-corrected chi connectivity index (χ1v) is 11.5. The van der Waals surface area contributed by atoms with E-state index in [0.29, 0.717) is 18.5 Å². The third-order valence-electron chi connectivity index (χ3n) is 5.38. The first-order chi connectivity index (χ1) is 15.1. The van der Waals surface area contributed by atoms with Crippen LogP contribution in [0.5, 0.6) is 0 Å². The average molecular weight is 460 g/mol. The van der Waals surface area contributed by atoms with Crippen molar-refractivity contribution in [1.29, 1.82) is 0 Å². The maximum Gasteiger partial charge on any atom is 0.313 e. The molecule has 1 aliphatic heterocycles. The van der Waals surface area contributed by atoms with E-state index in [0.717, 1.165) is 6.42 Å². The number of sulfonamides is 1. The smallest absolute Gasteiger partial charge is 0.313 e. The molecule has 170 valence electrons. The molecule has 0 saturated carbocycles. The topological polar surface area (TPSA) is 152 Å². The van der Waals surface area contributed by atoms with Crippen LogP contribution < -0.4 is 15.8 Å². The van der Waals surface area contributed by atoms with Gasteiger partial charge in [-0.3, -0.25) is 19.4 Å². The average Bonchev–Trinajstić information content (AvgIpc) is 2.78. The van der Waals surface area contributed by atoms with Crippen LogP contribution in [0.1, 0.15) is 41.7 Å². The molecule has 0 bridgehead atoms. The Labute approximate surface area is 186 Å². The second-order valence-electron chi connectivity index (χ2n) is 7.72. The molecule has 1 aromatic carbocycles. The summed E-state index contributed by atoms with van der Waals surface area (Å²) in [5.74, 6) is -2.17. The minimum Gasteiger partial charge on any atom is -0.366 e. The summed E-state index contributed by atoms with van der Waals surface area (Å²) < 4.78 is 26.7. The van der Waals surface area contributed by atoms with Crippen LogP contribution >= 0.6 is 0 Å². The fourth-order valence-electron chi connectivity index (χ4n) is 3.69. The molecular weight excluding hydrogens is 434 g/mol. The summed E-state index contributed by atoms with van der Waals surface area (Å²) in [6.07, 6.45) is 3.97. The van der Waals surface area contributed by atoms with Crippen LogP contribution in [0.4, 0.5) is 5.69 Å². The van der Waals surface area contributed by atoms with E-state index >= 15 is 0 Å². The lowest BCUT2D eigenvalue weighted by molar-refractivity contribution is -0.146. The Kier molecular flexibility index (Phi) is 6.90. The molecule has 3 rings (SSSR count). The van der Waals surface area contributed by atoms with Crippen LogP contribution in [0.2, 0.25) is 0 Å². The molecule has 1 fully saturated rings. The number of anilines is 1. The van der Waals surface area contributed by atoms with Gasteiger partial charge in [0.2, 0.25) is 15.9 Å². The van der Waals surface area contributed by atoms with Gasteiger partial charge in [0.05, 0.1) is 28.4 Å². The molecule has 0 radical (unpaired) electrons. The minimum atomic E-state index is -3.65. The maximum absolute atomic E-state index is 13.1. The second kappa shape index (κ2) is 9.45. The Morgan fingerprint density at radius 1 is 1.16 bits per heavy atom. The number of aromatic nitrogens is 1. The van der Waals surface area contributed by atoms with Gasteiger partial charge in [0.1, 0.15) is 0 Å². The Morgan fingerprint density at radius 3 is 2.59 bits per heavy atom. The number of amides is 3. The monoisotopic (exact) mass is 459 g/mol. The van der Waals surface area contributed by atoms with Gasteiger partial charge in [-0.2, -0.15) is 0 Å². The molecule has 3 amide bonds. The van der Waals surface area contributed by atoms with Gasteiger partial charge in [0.25, 0.3) is 0 Å². The van der Waals surface area contributed by atoms with Crippen LogP contribution in [0, 0.1) is 5.92 Å². The molecule has 32 heavy (non-hydrogen) atoms. The number of carbonyl (C=O) groups is 3. The summed E-state index contributed by atoms with van der Waals surface area (Å²) in [4.78, 5) is 42.5. The number of rotatable bonds is 5. The number of nitrogens with two attached hydrogens (primary N) is 1. The minimum absolute atomic E-state index is 0.0855. The summed E-state index contributed by atoms with van der Waals surface area (Å²) in [6.45, 7) is 2.33. The van der Waals surface area contributed by atoms with Crippen LogP contribution in [-0.4, -0.2) is 49.6 Å². The molecule has 1 aromatic heterocycles. The molecule has 2 heterocycles. The molecule has 11 heteroatoms. The van der Waals surface area contributed by atoms with Crippen molar-refractivity contribution in [2.75, 3.05) is 18.9 Å². The molecular formula is C21H25N5O5S. The normalized spacial score (nSPS) is 18.8. The highest BCUT2D eigenvalue weighted by Crippen LogP contribution is 2.34. The number of hydrogen-bond donors (Lipinski definition) is 3. The number of hydrogen-bond acceptors (Lipinski definition) is 6. The molecule has 10 nitrogen and oxygen atoms in total. The number of primary amides is 1. The lowest BCUT2D eigenvalue weighted by Crippen LogP contribution is -2.46. The van der Waals surface area contributed by atoms with Crippen molar-refractivity contribution in [3.8, 4) is 0 Å². The predicted octanol–water partition coefficient (Wildman–Crippen LogP) is 1.03. The predicted molar refractivity (Wildman–Crippen MR) is 117 cm³/mol. The van der Waals surface area contributed by atoms with Crippen LogP contribution in [0.15, 0.2) is 47.6 Å². The number of piperidine rings is 1. The summed E-state index contributed by atoms with van der Waals surface area (Å²) in [5, 5.41) is 2.46. The highest BCUT2D eigenvalue weighted by atomic mass is 32.2. The van der Waals surface area contributed by atoms with Crippen molar-refractivity contribution in [3.05, 3.63) is 53.9 Å². The van der Waals surface area contributed by atoms with Gasteiger partial charge in [-0.05, 0) is 49.6 Å². The number of nitrogens with one attached hydrogen (secondary N) is 2. The Bertz CT molecular complexity index is 1150. The highest BCUT2D eigenvalue weighted by molar-refractivity contribution is 7.89. The zero-order chi connectivity index (χ0) is 23.5. The van der Waals surface area contributed by atoms with Crippen LogP contribution in [-0.2, 0) is 19.6 Å². The summed E-state index contributed by atoms with van der Waals surface area (Å²) in [7, 11) is -2.33. The third kappa shape index (κ3) is 5.11. The first kappa shape index (κ1) is 23.4. The molecule has 0 aliphatic carbocycles. The number of nitrogens with zero attached hydrogens (tertiary/aromatic N) is 2. The molecule has 2 aromatic rings. The lowest BCUT2D eigenvalue weighted by atomic mass is 9.90. The Hall–Kier alpha value is -3.31. The van der Waals surface area contributed by atoms with Crippen molar-refractivity contribution in [2.24, 2.45) is 11.7 Å². The van der Waals surface area contributed by atoms with E-state index in [9.17, 15) is 22.8 Å². The van der Waals surface area contributed by atoms with E-state index in [2.05, 4.69) is 15.0 Å². The Morgan fingerprint density at radius 2 is 1.91 bits per heavy atom. The van der Waals surface area contributed by atoms with Crippen molar-refractivity contribution < 1.29 is 22.8 Å². The van der Waals surface area contributed by atoms with Gasteiger partial charge in [0.15, 0.2) is 0 Å². The standard InChI is InChI=1S/C21H25N5O5S/c1-13-6-7-18(14-4-3-5-17(9-14)32(30,31)23-2)26(12-13)21(29)20(28)25-16-8-15(19(22)27)10-24-11-16/h3-5,8-11,13,18,23H,6-7,12H2,1-2H3,(H2,22,27)(H,25,28)/t13-,18+/m1/s1. The van der Waals surface area contributed by atoms with E-state index in [4.69, 9.17) is 5.73 Å². The van der Waals surface area contributed by atoms with E-state index in [-0.39, 0.29) is 22.1 Å². The number of pyridine rings is 1. The van der Waals surface area contributed by atoms with Crippen molar-refractivity contribution in [1.82, 2.24) is 14.6 Å². The van der Waals surface area contributed by atoms with Gasteiger partial charge in [0, 0.05) is 12.7 Å². The SMILES string of the molecule is CNS(=O)(=O)c1cccc([C@@H]2CC[C@@H](C)CN2C(=O)C(=O)Nc2cncc(C(N)=O)c2)c1. The van der Waals surface area contributed by atoms with E-state index in [1.807, 2.05) is 6.92 Å². The number of benzene rings is 1. The quantitative estimate of drug-likeness (QED) is 0.568. The molecule has 1 saturated heterocycles. The van der Waals surface area contributed by atoms with Gasteiger partial charge in [-0.1, -0.05) is 19.1 Å². The number of carbonyl (C=O) groups excluding carboxylic acids is 3. The van der Waals surface area contributed by atoms with Crippen molar-refractivity contribution in [2.45, 2.75) is 30.7 Å². The van der Waals surface area contributed by atoms with E-state index in [1.54, 1.807) is 12.1 Å². The molecule has 0 unspecified atom stereocenters. The fourth-order valence-corrected chi connectivity index (χ4v) is 4.47. The van der Waals surface area contributed by atoms with Gasteiger partial charge in [-0.15, -0.1) is 0 Å². The van der Waals surface area contributed by atoms with Gasteiger partial charge < -0.3 is 16.0 Å². The second-order valence-corrected chi connectivity index (χ2v) is 9.60. The van der Waals surface area contributed by atoms with Crippen LogP contribution in [0.25, 0.3) is 0 Å². The zero-order valence-corrected chi connectivity index (χ0v) is 18.6. The molecule has 2 atom stereocenters. The van der Waals surface area contributed by atoms with E-state index < -0.39 is 33.8 Å². The highest BCUT2D eigenvalue weighted by Gasteiger charge is 2.34. The Balaban J connectivity index is 1.86. The lowest BCUT2D eigenvalue weighted by Gasteiger charge is -2.38. The van der Waals surface area contributed by atoms with Gasteiger partial charge >= 0.3 is 11.8 Å². The largest absolute Gasteiger partial charge is 0.366 e. The zero-order valence-electron chi connectivity index (χ0n) is 17.7. The number of likely N-dealkylation sites (tertiary alicyclic amines) is 1. The molecule has 1 aliphatic rings. The summed E-state index contributed by atoms with van der Waals surface area (Å²) >= 11 is 0. The van der Waals surface area contributed by atoms with Crippen molar-refractivity contribution in [3.63, 3.8) is 0 Å². The third-order valence-corrected chi connectivity index (χ3v) is 6.79. The molecule has 4 N–H and O–H groups in total. The van der Waals surface area contributed by atoms with Gasteiger partial charge in [-0.25, -0.2) is 13.1 Å². The van der Waals surface area contributed by atoms with Crippen molar-refractivity contribution >= 4 is 33.4 Å². The molecule has 0 spiro atoms. The maximum atomic E-state index is 13.1.